The third-order valence-electron chi connectivity index (χ3n) is 6.80. The number of sulfonamides is 1. The van der Waals surface area contributed by atoms with Gasteiger partial charge in [-0.2, -0.15) is 0 Å². The fourth-order valence-corrected chi connectivity index (χ4v) is 6.29. The zero-order valence-electron chi connectivity index (χ0n) is 22.8. The van der Waals surface area contributed by atoms with E-state index in [4.69, 9.17) is 25.8 Å². The third kappa shape index (κ3) is 5.79. The minimum Gasteiger partial charge on any atom is -0.497 e. The van der Waals surface area contributed by atoms with Crippen molar-refractivity contribution in [1.29, 1.82) is 0 Å². The maximum atomic E-state index is 13.7. The number of nitrogens with zero attached hydrogens (tertiary/aromatic N) is 1. The molecule has 3 aromatic carbocycles. The van der Waals surface area contributed by atoms with Crippen molar-refractivity contribution in [2.75, 3.05) is 25.1 Å². The van der Waals surface area contributed by atoms with E-state index in [0.717, 1.165) is 22.4 Å². The van der Waals surface area contributed by atoms with Crippen LogP contribution < -0.4 is 23.8 Å². The van der Waals surface area contributed by atoms with E-state index in [0.29, 0.717) is 10.8 Å². The lowest BCUT2D eigenvalue weighted by atomic mass is 9.93. The predicted octanol–water partition coefficient (Wildman–Crippen LogP) is 5.62. The Hall–Kier alpha value is -3.43. The second-order valence-electron chi connectivity index (χ2n) is 9.77. The first kappa shape index (κ1) is 28.6. The number of fused-ring (bicyclic) bond motifs is 1. The first-order valence-corrected chi connectivity index (χ1v) is 14.4. The lowest BCUT2D eigenvalue weighted by molar-refractivity contribution is -0.128. The average Bonchev–Trinajstić information content (AvgIpc) is 2.91. The van der Waals surface area contributed by atoms with Gasteiger partial charge in [0.1, 0.15) is 17.2 Å². The molecule has 10 heteroatoms. The van der Waals surface area contributed by atoms with Gasteiger partial charge in [-0.05, 0) is 91.1 Å². The van der Waals surface area contributed by atoms with Crippen LogP contribution in [0.2, 0.25) is 5.02 Å². The summed E-state index contributed by atoms with van der Waals surface area (Å²) in [4.78, 5) is 13.5. The van der Waals surface area contributed by atoms with Crippen LogP contribution in [0.3, 0.4) is 0 Å². The molecule has 0 spiro atoms. The number of hydrogen-bond donors (Lipinski definition) is 1. The van der Waals surface area contributed by atoms with Crippen molar-refractivity contribution in [3.05, 3.63) is 76.3 Å². The number of carbonyl (C=O) groups excluding carboxylic acids is 1. The van der Waals surface area contributed by atoms with Crippen molar-refractivity contribution in [2.45, 2.75) is 50.7 Å². The van der Waals surface area contributed by atoms with E-state index < -0.39 is 22.0 Å². The molecular weight excluding hydrogens is 540 g/mol. The van der Waals surface area contributed by atoms with Crippen molar-refractivity contribution >= 4 is 33.2 Å². The smallest absolute Gasteiger partial charge is 0.264 e. The van der Waals surface area contributed by atoms with Gasteiger partial charge in [-0.1, -0.05) is 25.4 Å². The molecule has 0 saturated carbocycles. The van der Waals surface area contributed by atoms with E-state index >= 15 is 0 Å². The van der Waals surface area contributed by atoms with E-state index in [9.17, 15) is 13.2 Å². The molecule has 1 aliphatic rings. The van der Waals surface area contributed by atoms with E-state index in [1.54, 1.807) is 31.4 Å². The number of carbonyl (C=O) groups is 1. The molecule has 0 unspecified atom stereocenters. The summed E-state index contributed by atoms with van der Waals surface area (Å²) in [6.45, 7) is 7.79. The molecule has 0 bridgehead atoms. The Balaban J connectivity index is 1.64. The summed E-state index contributed by atoms with van der Waals surface area (Å²) in [7, 11) is -0.902. The zero-order valence-corrected chi connectivity index (χ0v) is 24.4. The molecular formula is C29H33ClN2O6S. The highest BCUT2D eigenvalue weighted by Crippen LogP contribution is 2.39. The minimum atomic E-state index is -4.05. The van der Waals surface area contributed by atoms with Crippen LogP contribution in [0.5, 0.6) is 17.2 Å². The van der Waals surface area contributed by atoms with Gasteiger partial charge < -0.3 is 19.5 Å². The van der Waals surface area contributed by atoms with Crippen LogP contribution in [0.1, 0.15) is 49.4 Å². The molecule has 0 fully saturated rings. The van der Waals surface area contributed by atoms with Gasteiger partial charge in [0, 0.05) is 5.02 Å². The predicted molar refractivity (Wildman–Crippen MR) is 152 cm³/mol. The first-order chi connectivity index (χ1) is 18.5. The molecule has 39 heavy (non-hydrogen) atoms. The molecule has 1 amide bonds. The Bertz CT molecular complexity index is 1470. The van der Waals surface area contributed by atoms with Gasteiger partial charge in [-0.25, -0.2) is 8.42 Å². The number of amides is 1. The van der Waals surface area contributed by atoms with Crippen molar-refractivity contribution < 1.29 is 27.4 Å². The molecule has 3 aromatic rings. The van der Waals surface area contributed by atoms with Gasteiger partial charge in [-0.15, -0.1) is 0 Å². The highest BCUT2D eigenvalue weighted by atomic mass is 35.5. The quantitative estimate of drug-likeness (QED) is 0.376. The number of anilines is 1. The maximum absolute atomic E-state index is 13.7. The summed E-state index contributed by atoms with van der Waals surface area (Å²) < 4.78 is 45.3. The van der Waals surface area contributed by atoms with Crippen LogP contribution >= 0.6 is 11.6 Å². The normalized spacial score (nSPS) is 15.8. The highest BCUT2D eigenvalue weighted by molar-refractivity contribution is 7.92. The van der Waals surface area contributed by atoms with Gasteiger partial charge in [0.2, 0.25) is 0 Å². The van der Waals surface area contributed by atoms with Crippen LogP contribution in [0.4, 0.5) is 5.69 Å². The van der Waals surface area contributed by atoms with Crippen LogP contribution in [0.15, 0.2) is 59.5 Å². The molecule has 4 rings (SSSR count). The van der Waals surface area contributed by atoms with Crippen molar-refractivity contribution in [3.8, 4) is 17.2 Å². The van der Waals surface area contributed by atoms with Gasteiger partial charge in [0.15, 0.2) is 6.10 Å². The van der Waals surface area contributed by atoms with Crippen molar-refractivity contribution in [1.82, 2.24) is 5.32 Å². The second kappa shape index (κ2) is 11.4. The molecule has 0 radical (unpaired) electrons. The van der Waals surface area contributed by atoms with Gasteiger partial charge in [-0.3, -0.25) is 9.10 Å². The van der Waals surface area contributed by atoms with E-state index in [1.165, 1.54) is 29.6 Å². The Labute approximate surface area is 234 Å². The molecule has 0 aliphatic carbocycles. The lowest BCUT2D eigenvalue weighted by Gasteiger charge is -2.35. The van der Waals surface area contributed by atoms with Gasteiger partial charge in [0.05, 0.1) is 37.4 Å². The third-order valence-corrected chi connectivity index (χ3v) is 8.83. The minimum absolute atomic E-state index is 0.0544. The number of rotatable bonds is 8. The summed E-state index contributed by atoms with van der Waals surface area (Å²) in [5, 5.41) is 3.36. The SMILES string of the molecule is COc1ccc(S(=O)(=O)N2C[C@@H](C(=O)N[C@@H](C)c3cc(C(C)C)c(OC)cc3C)Oc3ccc(Cl)cc32)cc1. The number of benzene rings is 3. The number of aryl methyl sites for hydroxylation is 1. The lowest BCUT2D eigenvalue weighted by Crippen LogP contribution is -2.51. The Morgan fingerprint density at radius 1 is 1.03 bits per heavy atom. The largest absolute Gasteiger partial charge is 0.497 e. The van der Waals surface area contributed by atoms with Crippen LogP contribution in [0.25, 0.3) is 0 Å². The standard InChI is InChI=1S/C29H33ClN2O6S/c1-17(2)23-15-24(18(3)13-27(23)37-6)19(4)31-29(33)28-16-32(25-14-20(30)7-12-26(25)38-28)39(34,35)22-10-8-21(36-5)9-11-22/h7-15,17,19,28H,16H2,1-6H3,(H,31,33)/t19-,28-/m0/s1. The molecule has 1 heterocycles. The summed E-state index contributed by atoms with van der Waals surface area (Å²) in [5.41, 5.74) is 3.22. The zero-order chi connectivity index (χ0) is 28.5. The number of hydrogen-bond acceptors (Lipinski definition) is 6. The van der Waals surface area contributed by atoms with E-state index in [2.05, 4.69) is 19.2 Å². The van der Waals surface area contributed by atoms with Crippen molar-refractivity contribution in [2.24, 2.45) is 0 Å². The second-order valence-corrected chi connectivity index (χ2v) is 12.1. The number of ether oxygens (including phenoxy) is 3. The monoisotopic (exact) mass is 572 g/mol. The van der Waals surface area contributed by atoms with Gasteiger partial charge in [0.25, 0.3) is 15.9 Å². The summed E-state index contributed by atoms with van der Waals surface area (Å²) in [6.07, 6.45) is -1.09. The fraction of sp³-hybridized carbons (Fsp3) is 0.345. The number of nitrogens with one attached hydrogen (secondary N) is 1. The molecule has 1 aliphatic heterocycles. The molecule has 0 aromatic heterocycles. The summed E-state index contributed by atoms with van der Waals surface area (Å²) in [5.74, 6) is 1.37. The summed E-state index contributed by atoms with van der Waals surface area (Å²) in [6, 6.07) is 14.4. The van der Waals surface area contributed by atoms with Crippen LogP contribution in [-0.2, 0) is 14.8 Å². The molecule has 8 nitrogen and oxygen atoms in total. The molecule has 208 valence electrons. The molecule has 0 saturated heterocycles. The highest BCUT2D eigenvalue weighted by Gasteiger charge is 2.38. The topological polar surface area (TPSA) is 94.2 Å². The Kier molecular flexibility index (Phi) is 8.32. The van der Waals surface area contributed by atoms with Gasteiger partial charge >= 0.3 is 0 Å². The van der Waals surface area contributed by atoms with Crippen molar-refractivity contribution in [3.63, 3.8) is 0 Å². The Morgan fingerprint density at radius 2 is 1.72 bits per heavy atom. The summed E-state index contributed by atoms with van der Waals surface area (Å²) >= 11 is 6.20. The van der Waals surface area contributed by atoms with E-state index in [-0.39, 0.29) is 34.8 Å². The van der Waals surface area contributed by atoms with E-state index in [1.807, 2.05) is 26.0 Å². The molecule has 2 atom stereocenters. The van der Waals surface area contributed by atoms with Crippen LogP contribution in [0, 0.1) is 6.92 Å². The fourth-order valence-electron chi connectivity index (χ4n) is 4.66. The number of halogens is 1. The first-order valence-electron chi connectivity index (χ1n) is 12.6. The maximum Gasteiger partial charge on any atom is 0.264 e. The average molecular weight is 573 g/mol. The number of methoxy groups -OCH3 is 2. The molecule has 1 N–H and O–H groups in total. The Morgan fingerprint density at radius 3 is 2.33 bits per heavy atom. The van der Waals surface area contributed by atoms with Crippen LogP contribution in [-0.4, -0.2) is 41.2 Å².